The Morgan fingerprint density at radius 3 is 2.28 bits per heavy atom. The minimum atomic E-state index is -0.109. The Hall–Kier alpha value is -0.410. The van der Waals surface area contributed by atoms with Crippen LogP contribution >= 0.6 is 11.3 Å². The van der Waals surface area contributed by atoms with Gasteiger partial charge in [0.25, 0.3) is 0 Å². The van der Waals surface area contributed by atoms with Crippen LogP contribution in [0.25, 0.3) is 0 Å². The fourth-order valence-electron chi connectivity index (χ4n) is 3.32. The van der Waals surface area contributed by atoms with E-state index in [1.54, 1.807) is 0 Å². The highest BCUT2D eigenvalue weighted by atomic mass is 32.1. The van der Waals surface area contributed by atoms with Gasteiger partial charge >= 0.3 is 0 Å². The second-order valence-electron chi connectivity index (χ2n) is 6.02. The number of rotatable bonds is 1. The fourth-order valence-corrected chi connectivity index (χ4v) is 4.62. The van der Waals surface area contributed by atoms with Crippen LogP contribution in [0.5, 0.6) is 0 Å². The molecule has 2 aliphatic carbocycles. The summed E-state index contributed by atoms with van der Waals surface area (Å²) >= 11 is 1.92. The Bertz CT molecular complexity index is 379. The van der Waals surface area contributed by atoms with E-state index < -0.39 is 0 Å². The van der Waals surface area contributed by atoms with Gasteiger partial charge in [-0.25, -0.2) is 4.98 Å². The van der Waals surface area contributed by atoms with Gasteiger partial charge in [0.1, 0.15) is 5.01 Å². The average Bonchev–Trinajstić information content (AvgIpc) is 2.78. The zero-order chi connectivity index (χ0) is 12.4. The van der Waals surface area contributed by atoms with Crippen molar-refractivity contribution in [3.63, 3.8) is 0 Å². The van der Waals surface area contributed by atoms with Gasteiger partial charge in [0.15, 0.2) is 0 Å². The summed E-state index contributed by atoms with van der Waals surface area (Å²) in [6.07, 6.45) is 14.0. The molecule has 100 valence electrons. The normalized spacial score (nSPS) is 24.1. The Morgan fingerprint density at radius 2 is 1.56 bits per heavy atom. The van der Waals surface area contributed by atoms with Crippen molar-refractivity contribution >= 4 is 11.3 Å². The first-order valence-corrected chi connectivity index (χ1v) is 8.37. The standard InChI is InChI=1S/C15H24N2S/c16-15(10-6-2-1-3-7-11-15)14-17-12-8-4-5-9-13(12)18-14/h1-11,16H2. The molecule has 0 spiro atoms. The highest BCUT2D eigenvalue weighted by Crippen LogP contribution is 2.38. The van der Waals surface area contributed by atoms with E-state index in [1.165, 1.54) is 73.4 Å². The molecule has 2 N–H and O–H groups in total. The molecule has 3 rings (SSSR count). The molecule has 2 aliphatic rings. The van der Waals surface area contributed by atoms with E-state index in [1.807, 2.05) is 11.3 Å². The average molecular weight is 264 g/mol. The molecule has 1 heterocycles. The summed E-state index contributed by atoms with van der Waals surface area (Å²) in [5, 5.41) is 1.25. The Kier molecular flexibility index (Phi) is 3.71. The van der Waals surface area contributed by atoms with Gasteiger partial charge in [0.05, 0.1) is 11.2 Å². The number of nitrogens with two attached hydrogens (primary N) is 1. The van der Waals surface area contributed by atoms with E-state index in [2.05, 4.69) is 0 Å². The van der Waals surface area contributed by atoms with Gasteiger partial charge in [-0.15, -0.1) is 11.3 Å². The van der Waals surface area contributed by atoms with Crippen LogP contribution in [0.3, 0.4) is 0 Å². The van der Waals surface area contributed by atoms with Crippen molar-refractivity contribution in [1.82, 2.24) is 4.98 Å². The first kappa shape index (κ1) is 12.6. The molecule has 0 saturated heterocycles. The maximum atomic E-state index is 6.71. The molecule has 0 unspecified atom stereocenters. The molecular formula is C15H24N2S. The van der Waals surface area contributed by atoms with E-state index in [0.29, 0.717) is 0 Å². The number of fused-ring (bicyclic) bond motifs is 1. The molecule has 0 radical (unpaired) electrons. The zero-order valence-electron chi connectivity index (χ0n) is 11.2. The topological polar surface area (TPSA) is 38.9 Å². The third-order valence-electron chi connectivity index (χ3n) is 4.52. The minimum absolute atomic E-state index is 0.109. The third kappa shape index (κ3) is 2.48. The number of aryl methyl sites for hydroxylation is 2. The lowest BCUT2D eigenvalue weighted by Gasteiger charge is -2.29. The van der Waals surface area contributed by atoms with Crippen LogP contribution < -0.4 is 5.73 Å². The summed E-state index contributed by atoms with van der Waals surface area (Å²) in [6.45, 7) is 0. The highest BCUT2D eigenvalue weighted by Gasteiger charge is 2.32. The van der Waals surface area contributed by atoms with Crippen molar-refractivity contribution in [3.8, 4) is 0 Å². The zero-order valence-corrected chi connectivity index (χ0v) is 12.0. The summed E-state index contributed by atoms with van der Waals surface area (Å²) in [7, 11) is 0. The SMILES string of the molecule is NC1(c2nc3c(s2)CCCC3)CCCCCCC1. The Balaban J connectivity index is 1.84. The van der Waals surface area contributed by atoms with Crippen molar-refractivity contribution < 1.29 is 0 Å². The Morgan fingerprint density at radius 1 is 0.889 bits per heavy atom. The number of thiazole rings is 1. The molecule has 3 heteroatoms. The summed E-state index contributed by atoms with van der Waals surface area (Å²) in [6, 6.07) is 0. The van der Waals surface area contributed by atoms with Crippen molar-refractivity contribution in [3.05, 3.63) is 15.6 Å². The number of aromatic nitrogens is 1. The maximum absolute atomic E-state index is 6.71. The molecule has 1 saturated carbocycles. The molecule has 0 atom stereocenters. The molecule has 0 aliphatic heterocycles. The first-order valence-electron chi connectivity index (χ1n) is 7.56. The monoisotopic (exact) mass is 264 g/mol. The van der Waals surface area contributed by atoms with Gasteiger partial charge in [-0.05, 0) is 38.5 Å². The molecular weight excluding hydrogens is 240 g/mol. The van der Waals surface area contributed by atoms with E-state index in [4.69, 9.17) is 10.7 Å². The Labute approximate surface area is 114 Å². The van der Waals surface area contributed by atoms with Crippen LogP contribution in [0.2, 0.25) is 0 Å². The second-order valence-corrected chi connectivity index (χ2v) is 7.10. The van der Waals surface area contributed by atoms with Gasteiger partial charge in [-0.2, -0.15) is 0 Å². The quantitative estimate of drug-likeness (QED) is 0.835. The van der Waals surface area contributed by atoms with Crippen LogP contribution in [0.1, 0.15) is 73.4 Å². The molecule has 0 bridgehead atoms. The lowest BCUT2D eigenvalue weighted by Crippen LogP contribution is -2.37. The van der Waals surface area contributed by atoms with Crippen LogP contribution in [0, 0.1) is 0 Å². The predicted octanol–water partition coefficient (Wildman–Crippen LogP) is 3.92. The van der Waals surface area contributed by atoms with Crippen LogP contribution in [-0.2, 0) is 18.4 Å². The van der Waals surface area contributed by atoms with Gasteiger partial charge < -0.3 is 5.73 Å². The molecule has 18 heavy (non-hydrogen) atoms. The molecule has 1 fully saturated rings. The van der Waals surface area contributed by atoms with Crippen molar-refractivity contribution in [1.29, 1.82) is 0 Å². The van der Waals surface area contributed by atoms with Crippen molar-refractivity contribution in [2.45, 2.75) is 76.2 Å². The van der Waals surface area contributed by atoms with Crippen molar-refractivity contribution in [2.75, 3.05) is 0 Å². The van der Waals surface area contributed by atoms with Crippen LogP contribution in [-0.4, -0.2) is 4.98 Å². The smallest absolute Gasteiger partial charge is 0.113 e. The number of hydrogen-bond donors (Lipinski definition) is 1. The molecule has 0 aromatic carbocycles. The van der Waals surface area contributed by atoms with Gasteiger partial charge in [-0.3, -0.25) is 0 Å². The largest absolute Gasteiger partial charge is 0.319 e. The second kappa shape index (κ2) is 5.30. The fraction of sp³-hybridized carbons (Fsp3) is 0.800. The summed E-state index contributed by atoms with van der Waals surface area (Å²) < 4.78 is 0. The van der Waals surface area contributed by atoms with Crippen LogP contribution in [0.15, 0.2) is 0 Å². The maximum Gasteiger partial charge on any atom is 0.113 e. The summed E-state index contributed by atoms with van der Waals surface area (Å²) in [4.78, 5) is 6.44. The summed E-state index contributed by atoms with van der Waals surface area (Å²) in [5.74, 6) is 0. The number of hydrogen-bond acceptors (Lipinski definition) is 3. The van der Waals surface area contributed by atoms with E-state index in [9.17, 15) is 0 Å². The van der Waals surface area contributed by atoms with Crippen LogP contribution in [0.4, 0.5) is 0 Å². The lowest BCUT2D eigenvalue weighted by molar-refractivity contribution is 0.322. The minimum Gasteiger partial charge on any atom is -0.319 e. The molecule has 1 aromatic heterocycles. The van der Waals surface area contributed by atoms with Gasteiger partial charge in [-0.1, -0.05) is 32.1 Å². The third-order valence-corrected chi connectivity index (χ3v) is 5.89. The lowest BCUT2D eigenvalue weighted by atomic mass is 9.85. The molecule has 1 aromatic rings. The van der Waals surface area contributed by atoms with Gasteiger partial charge in [0, 0.05) is 4.88 Å². The summed E-state index contributed by atoms with van der Waals surface area (Å²) in [5.41, 5.74) is 7.97. The predicted molar refractivity (Wildman–Crippen MR) is 76.9 cm³/mol. The van der Waals surface area contributed by atoms with E-state index >= 15 is 0 Å². The van der Waals surface area contributed by atoms with E-state index in [-0.39, 0.29) is 5.54 Å². The van der Waals surface area contributed by atoms with Gasteiger partial charge in [0.2, 0.25) is 0 Å². The molecule has 0 amide bonds. The van der Waals surface area contributed by atoms with Crippen molar-refractivity contribution in [2.24, 2.45) is 5.73 Å². The number of nitrogens with zero attached hydrogens (tertiary/aromatic N) is 1. The highest BCUT2D eigenvalue weighted by molar-refractivity contribution is 7.11. The molecule has 2 nitrogen and oxygen atoms in total. The van der Waals surface area contributed by atoms with E-state index in [0.717, 1.165) is 12.8 Å². The first-order chi connectivity index (χ1) is 8.78.